The SMILES string of the molecule is C[C@H]([NH3+])CC(=O)N[C@H](C)CC(=O)N[C@@H](C)CC(=O)N[C@H](C)CC(=O)N[C@@H](CCCCNC(=O)OCc1ccccc1)C(=O)OCc1ccccc1.O=C([O-])C(F)(F)F. The van der Waals surface area contributed by atoms with Gasteiger partial charge in [0, 0.05) is 43.9 Å². The predicted octanol–water partition coefficient (Wildman–Crippen LogP) is 1.31. The number of carbonyl (C=O) groups excluding carboxylic acids is 7. The highest BCUT2D eigenvalue weighted by atomic mass is 19.4. The van der Waals surface area contributed by atoms with E-state index in [-0.39, 0.29) is 75.1 Å². The number of quaternary nitrogens is 1. The number of hydrogen-bond acceptors (Lipinski definition) is 10. The number of amides is 5. The van der Waals surface area contributed by atoms with Crippen LogP contribution in [0.3, 0.4) is 0 Å². The first-order chi connectivity index (χ1) is 27.2. The number of halogens is 3. The van der Waals surface area contributed by atoms with Gasteiger partial charge < -0.3 is 51.7 Å². The molecular weight excluding hydrogens is 769 g/mol. The van der Waals surface area contributed by atoms with E-state index in [1.54, 1.807) is 20.8 Å². The molecule has 0 unspecified atom stereocenters. The number of unbranched alkanes of at least 4 members (excludes halogenated alkanes) is 1. The Morgan fingerprint density at radius 3 is 1.45 bits per heavy atom. The number of carboxylic acids is 1. The minimum atomic E-state index is -5.19. The zero-order chi connectivity index (χ0) is 43.7. The summed E-state index contributed by atoms with van der Waals surface area (Å²) in [6.07, 6.45) is -4.21. The van der Waals surface area contributed by atoms with Gasteiger partial charge >= 0.3 is 18.2 Å². The topological polar surface area (TPSA) is 249 Å². The Labute approximate surface area is 335 Å². The molecule has 0 aromatic heterocycles. The van der Waals surface area contributed by atoms with E-state index in [9.17, 15) is 41.9 Å². The first-order valence-electron chi connectivity index (χ1n) is 18.7. The van der Waals surface area contributed by atoms with E-state index in [2.05, 4.69) is 32.3 Å². The molecular formula is C39H55F3N6O10. The van der Waals surface area contributed by atoms with Crippen LogP contribution in [0.15, 0.2) is 60.7 Å². The number of ether oxygens (including phenoxy) is 2. The van der Waals surface area contributed by atoms with Gasteiger partial charge in [0.25, 0.3) is 0 Å². The number of esters is 1. The number of aliphatic carboxylic acids is 1. The second-order valence-corrected chi connectivity index (χ2v) is 13.8. The van der Waals surface area contributed by atoms with Crippen LogP contribution >= 0.6 is 0 Å². The molecule has 0 fully saturated rings. The van der Waals surface area contributed by atoms with Gasteiger partial charge in [0.05, 0.1) is 12.5 Å². The van der Waals surface area contributed by atoms with Gasteiger partial charge in [-0.2, -0.15) is 13.2 Å². The maximum atomic E-state index is 13.0. The van der Waals surface area contributed by atoms with Crippen LogP contribution in [0.4, 0.5) is 18.0 Å². The Hall–Kier alpha value is -5.72. The molecule has 322 valence electrons. The van der Waals surface area contributed by atoms with Crippen LogP contribution in [-0.4, -0.2) is 84.6 Å². The Morgan fingerprint density at radius 1 is 0.638 bits per heavy atom. The molecule has 2 aromatic carbocycles. The predicted molar refractivity (Wildman–Crippen MR) is 201 cm³/mol. The normalized spacial score (nSPS) is 13.4. The Bertz CT molecular complexity index is 1600. The molecule has 0 spiro atoms. The molecule has 0 aliphatic heterocycles. The quantitative estimate of drug-likeness (QED) is 0.0734. The lowest BCUT2D eigenvalue weighted by atomic mass is 10.1. The van der Waals surface area contributed by atoms with Gasteiger partial charge in [0.15, 0.2) is 0 Å². The molecule has 0 aliphatic rings. The van der Waals surface area contributed by atoms with Gasteiger partial charge in [0.2, 0.25) is 23.6 Å². The van der Waals surface area contributed by atoms with Crippen LogP contribution in [0.2, 0.25) is 0 Å². The number of alkyl halides is 3. The van der Waals surface area contributed by atoms with Crippen LogP contribution < -0.4 is 37.4 Å². The van der Waals surface area contributed by atoms with Gasteiger partial charge in [-0.1, -0.05) is 60.7 Å². The summed E-state index contributed by atoms with van der Waals surface area (Å²) in [6, 6.07) is 16.1. The van der Waals surface area contributed by atoms with Gasteiger partial charge in [-0.3, -0.25) is 19.2 Å². The van der Waals surface area contributed by atoms with E-state index >= 15 is 0 Å². The zero-order valence-corrected chi connectivity index (χ0v) is 33.2. The first-order valence-corrected chi connectivity index (χ1v) is 18.7. The van der Waals surface area contributed by atoms with Gasteiger partial charge in [0.1, 0.15) is 25.2 Å². The second kappa shape index (κ2) is 27.0. The monoisotopic (exact) mass is 824 g/mol. The van der Waals surface area contributed by atoms with Crippen molar-refractivity contribution in [3.63, 3.8) is 0 Å². The van der Waals surface area contributed by atoms with E-state index in [0.29, 0.717) is 19.4 Å². The Balaban J connectivity index is 0.00000219. The van der Waals surface area contributed by atoms with Crippen molar-refractivity contribution in [2.45, 2.75) is 122 Å². The molecule has 8 N–H and O–H groups in total. The molecule has 0 saturated carbocycles. The lowest BCUT2D eigenvalue weighted by Crippen LogP contribution is -2.60. The molecule has 5 amide bonds. The van der Waals surface area contributed by atoms with E-state index in [4.69, 9.17) is 19.4 Å². The van der Waals surface area contributed by atoms with E-state index in [1.807, 2.05) is 67.6 Å². The summed E-state index contributed by atoms with van der Waals surface area (Å²) in [4.78, 5) is 83.8. The summed E-state index contributed by atoms with van der Waals surface area (Å²) in [5.41, 5.74) is 5.46. The van der Waals surface area contributed by atoms with Crippen LogP contribution in [0, 0.1) is 0 Å². The second-order valence-electron chi connectivity index (χ2n) is 13.8. The van der Waals surface area contributed by atoms with Crippen LogP contribution in [0.1, 0.15) is 83.8 Å². The Morgan fingerprint density at radius 2 is 1.03 bits per heavy atom. The summed E-state index contributed by atoms with van der Waals surface area (Å²) in [5, 5.41) is 22.5. The van der Waals surface area contributed by atoms with Gasteiger partial charge in [-0.15, -0.1) is 0 Å². The highest BCUT2D eigenvalue weighted by Gasteiger charge is 2.29. The minimum absolute atomic E-state index is 0.0142. The number of nitrogens with one attached hydrogen (secondary N) is 5. The maximum Gasteiger partial charge on any atom is 0.430 e. The molecule has 2 aromatic rings. The minimum Gasteiger partial charge on any atom is -0.542 e. The summed E-state index contributed by atoms with van der Waals surface area (Å²) in [7, 11) is 0. The smallest absolute Gasteiger partial charge is 0.430 e. The highest BCUT2D eigenvalue weighted by molar-refractivity contribution is 5.85. The first kappa shape index (κ1) is 50.3. The molecule has 0 bridgehead atoms. The average molecular weight is 825 g/mol. The van der Waals surface area contributed by atoms with Crippen molar-refractivity contribution in [2.24, 2.45) is 0 Å². The fourth-order valence-electron chi connectivity index (χ4n) is 5.07. The average Bonchev–Trinajstić information content (AvgIpc) is 3.12. The van der Waals surface area contributed by atoms with Crippen molar-refractivity contribution in [3.05, 3.63) is 71.8 Å². The molecule has 5 atom stereocenters. The van der Waals surface area contributed by atoms with Crippen molar-refractivity contribution in [1.29, 1.82) is 0 Å². The number of alkyl carbamates (subject to hydrolysis) is 1. The fourth-order valence-corrected chi connectivity index (χ4v) is 5.07. The number of rotatable bonds is 22. The molecule has 58 heavy (non-hydrogen) atoms. The molecule has 0 aliphatic carbocycles. The molecule has 16 nitrogen and oxygen atoms in total. The van der Waals surface area contributed by atoms with Crippen molar-refractivity contribution in [1.82, 2.24) is 26.6 Å². The molecule has 2 rings (SSSR count). The number of hydrogen-bond donors (Lipinski definition) is 6. The number of benzene rings is 2. The van der Waals surface area contributed by atoms with E-state index in [1.165, 1.54) is 0 Å². The molecule has 0 radical (unpaired) electrons. The third-order valence-corrected chi connectivity index (χ3v) is 7.71. The summed E-state index contributed by atoms with van der Waals surface area (Å²) in [6.45, 7) is 7.44. The lowest BCUT2D eigenvalue weighted by molar-refractivity contribution is -0.412. The number of carbonyl (C=O) groups is 7. The van der Waals surface area contributed by atoms with E-state index < -0.39 is 48.2 Å². The largest absolute Gasteiger partial charge is 0.542 e. The number of carboxylic acid groups (broad SMARTS) is 1. The molecule has 0 saturated heterocycles. The highest BCUT2D eigenvalue weighted by Crippen LogP contribution is 2.12. The summed E-state index contributed by atoms with van der Waals surface area (Å²) in [5.74, 6) is -4.88. The zero-order valence-electron chi connectivity index (χ0n) is 33.2. The van der Waals surface area contributed by atoms with Gasteiger partial charge in [-0.25, -0.2) is 9.59 Å². The molecule has 19 heteroatoms. The third-order valence-electron chi connectivity index (χ3n) is 7.71. The summed E-state index contributed by atoms with van der Waals surface area (Å²) >= 11 is 0. The maximum absolute atomic E-state index is 13.0. The van der Waals surface area contributed by atoms with E-state index in [0.717, 1.165) is 11.1 Å². The van der Waals surface area contributed by atoms with Crippen molar-refractivity contribution >= 4 is 41.7 Å². The van der Waals surface area contributed by atoms with Crippen LogP contribution in [-0.2, 0) is 51.5 Å². The molecule has 0 heterocycles. The van der Waals surface area contributed by atoms with Crippen LogP contribution in [0.25, 0.3) is 0 Å². The Kier molecular flexibility index (Phi) is 23.4. The summed E-state index contributed by atoms with van der Waals surface area (Å²) < 4.78 is 42.3. The third kappa shape index (κ3) is 24.7. The van der Waals surface area contributed by atoms with Crippen LogP contribution in [0.5, 0.6) is 0 Å². The fraction of sp³-hybridized carbons (Fsp3) is 0.513. The lowest BCUT2D eigenvalue weighted by Gasteiger charge is -2.21. The standard InChI is InChI=1S/C37H54N6O8.C2HF3O2/c1-25(38)19-32(44)40-26(2)20-33(45)41-27(3)21-34(46)42-28(4)22-35(47)43-31(36(48)50-23-29-13-7-5-8-14-29)17-11-12-18-39-37(49)51-24-30-15-9-6-10-16-30;3-2(4,5)1(6)7/h5-10,13-16,25-28,31H,11-12,17-24,38H2,1-4H3,(H,39,49)(H,40,44)(H,41,45)(H,42,46)(H,43,47);(H,6,7)/t25-,26+,27-,28+,31-;/m0./s1. The van der Waals surface area contributed by atoms with Crippen molar-refractivity contribution in [3.8, 4) is 0 Å². The van der Waals surface area contributed by atoms with Crippen molar-refractivity contribution < 1.29 is 67.0 Å². The van der Waals surface area contributed by atoms with Crippen molar-refractivity contribution in [2.75, 3.05) is 6.54 Å². The van der Waals surface area contributed by atoms with Gasteiger partial charge in [-0.05, 0) is 58.1 Å².